The summed E-state index contributed by atoms with van der Waals surface area (Å²) in [5.74, 6) is 0. The molecule has 0 spiro atoms. The van der Waals surface area contributed by atoms with Crippen molar-refractivity contribution in [3.05, 3.63) is 24.0 Å². The van der Waals surface area contributed by atoms with Crippen molar-refractivity contribution in [2.75, 3.05) is 6.54 Å². The lowest BCUT2D eigenvalue weighted by Gasteiger charge is -2.08. The fourth-order valence-electron chi connectivity index (χ4n) is 1.19. The van der Waals surface area contributed by atoms with Gasteiger partial charge in [0, 0.05) is 18.4 Å². The van der Waals surface area contributed by atoms with Gasteiger partial charge in [-0.15, -0.1) is 0 Å². The first-order valence-corrected chi connectivity index (χ1v) is 4.37. The normalized spacial score (nSPS) is 11.1. The molecule has 1 aromatic rings. The zero-order chi connectivity index (χ0) is 9.68. The lowest BCUT2D eigenvalue weighted by atomic mass is 10.4. The van der Waals surface area contributed by atoms with E-state index >= 15 is 0 Å². The molecule has 74 valence electrons. The van der Waals surface area contributed by atoms with Crippen molar-refractivity contribution in [3.63, 3.8) is 0 Å². The Labute approximate surface area is 76.6 Å². The lowest BCUT2D eigenvalue weighted by molar-refractivity contribution is 0.125. The molecule has 0 radical (unpaired) electrons. The summed E-state index contributed by atoms with van der Waals surface area (Å²) in [4.78, 5) is 0. The minimum absolute atomic E-state index is 0.215. The maximum absolute atomic E-state index is 12.1. The van der Waals surface area contributed by atoms with Crippen LogP contribution in [-0.4, -0.2) is 17.5 Å². The fraction of sp³-hybridized carbons (Fsp3) is 0.556. The van der Waals surface area contributed by atoms with E-state index in [0.717, 1.165) is 12.2 Å². The summed E-state index contributed by atoms with van der Waals surface area (Å²) in [5, 5.41) is 3.10. The van der Waals surface area contributed by atoms with Crippen molar-refractivity contribution >= 4 is 0 Å². The van der Waals surface area contributed by atoms with Gasteiger partial charge in [0.05, 0.1) is 6.54 Å². The van der Waals surface area contributed by atoms with E-state index in [2.05, 4.69) is 5.32 Å². The van der Waals surface area contributed by atoms with Gasteiger partial charge in [-0.2, -0.15) is 0 Å². The van der Waals surface area contributed by atoms with E-state index in [0.29, 0.717) is 6.54 Å². The minimum Gasteiger partial charge on any atom is -0.345 e. The largest absolute Gasteiger partial charge is 0.345 e. The molecule has 0 aliphatic carbocycles. The van der Waals surface area contributed by atoms with Gasteiger partial charge in [-0.05, 0) is 18.7 Å². The molecular formula is C9H14F2N2. The molecule has 0 aliphatic heterocycles. The maximum atomic E-state index is 12.1. The summed E-state index contributed by atoms with van der Waals surface area (Å²) in [6.07, 6.45) is -0.605. The molecular weight excluding hydrogens is 174 g/mol. The first-order valence-electron chi connectivity index (χ1n) is 4.37. The van der Waals surface area contributed by atoms with Crippen molar-refractivity contribution in [2.45, 2.75) is 26.4 Å². The van der Waals surface area contributed by atoms with Gasteiger partial charge in [0.15, 0.2) is 0 Å². The molecule has 0 saturated heterocycles. The molecule has 0 unspecified atom stereocenters. The number of rotatable bonds is 5. The van der Waals surface area contributed by atoms with Crippen molar-refractivity contribution in [1.29, 1.82) is 0 Å². The summed E-state index contributed by atoms with van der Waals surface area (Å²) in [7, 11) is 0. The Hall–Kier alpha value is -0.900. The standard InChI is InChI=1S/C9H14F2N2/c1-2-12-6-8-4-3-5-13(8)7-9(10)11/h3-5,9,12H,2,6-7H2,1H3. The second-order valence-corrected chi connectivity index (χ2v) is 2.82. The SMILES string of the molecule is CCNCc1cccn1CC(F)F. The molecule has 1 heterocycles. The Kier molecular flexibility index (Phi) is 3.89. The molecule has 0 bridgehead atoms. The first-order chi connectivity index (χ1) is 6.24. The van der Waals surface area contributed by atoms with Crippen LogP contribution in [0.1, 0.15) is 12.6 Å². The number of nitrogens with zero attached hydrogens (tertiary/aromatic N) is 1. The predicted octanol–water partition coefficient (Wildman–Crippen LogP) is 1.86. The van der Waals surface area contributed by atoms with Gasteiger partial charge >= 0.3 is 0 Å². The van der Waals surface area contributed by atoms with Gasteiger partial charge in [-0.1, -0.05) is 6.92 Å². The van der Waals surface area contributed by atoms with Crippen molar-refractivity contribution in [1.82, 2.24) is 9.88 Å². The van der Waals surface area contributed by atoms with E-state index in [4.69, 9.17) is 0 Å². The van der Waals surface area contributed by atoms with Crippen molar-refractivity contribution in [3.8, 4) is 0 Å². The van der Waals surface area contributed by atoms with Crippen LogP contribution in [0.2, 0.25) is 0 Å². The summed E-state index contributed by atoms with van der Waals surface area (Å²) >= 11 is 0. The number of aromatic nitrogens is 1. The zero-order valence-electron chi connectivity index (χ0n) is 7.63. The van der Waals surface area contributed by atoms with E-state index in [-0.39, 0.29) is 6.54 Å². The van der Waals surface area contributed by atoms with Crippen LogP contribution in [-0.2, 0) is 13.1 Å². The van der Waals surface area contributed by atoms with Gasteiger partial charge in [0.1, 0.15) is 0 Å². The highest BCUT2D eigenvalue weighted by molar-refractivity contribution is 5.06. The third-order valence-corrected chi connectivity index (χ3v) is 1.81. The second-order valence-electron chi connectivity index (χ2n) is 2.82. The van der Waals surface area contributed by atoms with E-state index in [1.807, 2.05) is 13.0 Å². The van der Waals surface area contributed by atoms with Crippen LogP contribution in [0.4, 0.5) is 8.78 Å². The molecule has 0 saturated carbocycles. The van der Waals surface area contributed by atoms with Crippen LogP contribution < -0.4 is 5.32 Å². The quantitative estimate of drug-likeness (QED) is 0.746. The molecule has 0 atom stereocenters. The van der Waals surface area contributed by atoms with Gasteiger partial charge in [0.2, 0.25) is 0 Å². The monoisotopic (exact) mass is 188 g/mol. The van der Waals surface area contributed by atoms with Gasteiger partial charge in [-0.25, -0.2) is 8.78 Å². The second kappa shape index (κ2) is 4.97. The molecule has 0 aliphatic rings. The molecule has 13 heavy (non-hydrogen) atoms. The number of halogens is 2. The Balaban J connectivity index is 2.55. The molecule has 1 rings (SSSR count). The Morgan fingerprint density at radius 3 is 2.92 bits per heavy atom. The molecule has 0 fully saturated rings. The zero-order valence-corrected chi connectivity index (χ0v) is 7.63. The molecule has 0 aromatic carbocycles. The van der Waals surface area contributed by atoms with Gasteiger partial charge in [-0.3, -0.25) is 0 Å². The summed E-state index contributed by atoms with van der Waals surface area (Å²) in [6.45, 7) is 3.27. The van der Waals surface area contributed by atoms with E-state index < -0.39 is 6.43 Å². The summed E-state index contributed by atoms with van der Waals surface area (Å²) in [5.41, 5.74) is 0.905. The van der Waals surface area contributed by atoms with E-state index in [1.54, 1.807) is 16.8 Å². The fourth-order valence-corrected chi connectivity index (χ4v) is 1.19. The highest BCUT2D eigenvalue weighted by atomic mass is 19.3. The summed E-state index contributed by atoms with van der Waals surface area (Å²) in [6, 6.07) is 3.64. The number of hydrogen-bond donors (Lipinski definition) is 1. The predicted molar refractivity (Wildman–Crippen MR) is 47.8 cm³/mol. The topological polar surface area (TPSA) is 17.0 Å². The number of alkyl halides is 2. The number of hydrogen-bond acceptors (Lipinski definition) is 1. The molecule has 4 heteroatoms. The van der Waals surface area contributed by atoms with Crippen LogP contribution in [0.5, 0.6) is 0 Å². The van der Waals surface area contributed by atoms with Crippen LogP contribution >= 0.6 is 0 Å². The Morgan fingerprint density at radius 1 is 1.54 bits per heavy atom. The van der Waals surface area contributed by atoms with Gasteiger partial charge < -0.3 is 9.88 Å². The third kappa shape index (κ3) is 3.14. The summed E-state index contributed by atoms with van der Waals surface area (Å²) < 4.78 is 25.7. The maximum Gasteiger partial charge on any atom is 0.256 e. The average Bonchev–Trinajstić information content (AvgIpc) is 2.48. The van der Waals surface area contributed by atoms with Crippen molar-refractivity contribution in [2.24, 2.45) is 0 Å². The highest BCUT2D eigenvalue weighted by Crippen LogP contribution is 2.05. The minimum atomic E-state index is -2.28. The van der Waals surface area contributed by atoms with Crippen molar-refractivity contribution < 1.29 is 8.78 Å². The van der Waals surface area contributed by atoms with Crippen LogP contribution in [0, 0.1) is 0 Å². The van der Waals surface area contributed by atoms with Gasteiger partial charge in [0.25, 0.3) is 6.43 Å². The van der Waals surface area contributed by atoms with E-state index in [9.17, 15) is 8.78 Å². The van der Waals surface area contributed by atoms with Crippen LogP contribution in [0.3, 0.4) is 0 Å². The smallest absolute Gasteiger partial charge is 0.256 e. The lowest BCUT2D eigenvalue weighted by Crippen LogP contribution is -2.17. The number of nitrogens with one attached hydrogen (secondary N) is 1. The molecule has 1 aromatic heterocycles. The molecule has 2 nitrogen and oxygen atoms in total. The van der Waals surface area contributed by atoms with Crippen LogP contribution in [0.25, 0.3) is 0 Å². The first kappa shape index (κ1) is 10.2. The average molecular weight is 188 g/mol. The Bertz CT molecular complexity index is 246. The highest BCUT2D eigenvalue weighted by Gasteiger charge is 2.06. The van der Waals surface area contributed by atoms with Crippen LogP contribution in [0.15, 0.2) is 18.3 Å². The molecule has 0 amide bonds. The van der Waals surface area contributed by atoms with E-state index in [1.165, 1.54) is 0 Å². The Morgan fingerprint density at radius 2 is 2.31 bits per heavy atom. The third-order valence-electron chi connectivity index (χ3n) is 1.81. The molecule has 1 N–H and O–H groups in total.